The van der Waals surface area contributed by atoms with E-state index in [2.05, 4.69) is 17.4 Å². The van der Waals surface area contributed by atoms with Gasteiger partial charge in [-0.15, -0.1) is 0 Å². The summed E-state index contributed by atoms with van der Waals surface area (Å²) in [6.07, 6.45) is 2.03. The summed E-state index contributed by atoms with van der Waals surface area (Å²) in [6.45, 7) is 2.17. The van der Waals surface area contributed by atoms with Crippen molar-refractivity contribution in [2.45, 2.75) is 31.8 Å². The molecule has 1 saturated heterocycles. The van der Waals surface area contributed by atoms with Gasteiger partial charge in [-0.25, -0.2) is 4.79 Å². The van der Waals surface area contributed by atoms with E-state index in [4.69, 9.17) is 0 Å². The molecule has 4 nitrogen and oxygen atoms in total. The van der Waals surface area contributed by atoms with E-state index in [9.17, 15) is 9.59 Å². The summed E-state index contributed by atoms with van der Waals surface area (Å²) in [5.74, 6) is 0.196. The van der Waals surface area contributed by atoms with E-state index in [0.717, 1.165) is 29.5 Å². The quantitative estimate of drug-likeness (QED) is 0.876. The van der Waals surface area contributed by atoms with E-state index < -0.39 is 5.54 Å². The van der Waals surface area contributed by atoms with Crippen molar-refractivity contribution < 1.29 is 9.59 Å². The fraction of sp³-hybridized carbons (Fsp3) is 0.300. The van der Waals surface area contributed by atoms with Crippen LogP contribution in [-0.2, 0) is 11.3 Å². The highest BCUT2D eigenvalue weighted by molar-refractivity contribution is 6.07. The lowest BCUT2D eigenvalue weighted by Crippen LogP contribution is -2.46. The highest BCUT2D eigenvalue weighted by Gasteiger charge is 2.55. The first-order valence-electron chi connectivity index (χ1n) is 8.36. The van der Waals surface area contributed by atoms with Gasteiger partial charge in [0.15, 0.2) is 0 Å². The van der Waals surface area contributed by atoms with E-state index in [1.807, 2.05) is 49.4 Å². The molecule has 1 heterocycles. The molecule has 4 rings (SSSR count). The zero-order chi connectivity index (χ0) is 16.7. The van der Waals surface area contributed by atoms with Crippen LogP contribution in [0.15, 0.2) is 54.6 Å². The number of amides is 3. The summed E-state index contributed by atoms with van der Waals surface area (Å²) < 4.78 is 0. The van der Waals surface area contributed by atoms with Crippen molar-refractivity contribution >= 4 is 11.9 Å². The number of nitrogens with one attached hydrogen (secondary N) is 1. The molecule has 1 atom stereocenters. The summed E-state index contributed by atoms with van der Waals surface area (Å²) in [5.41, 5.74) is 2.53. The molecule has 1 saturated carbocycles. The molecule has 0 spiro atoms. The molecule has 4 heteroatoms. The molecule has 24 heavy (non-hydrogen) atoms. The minimum atomic E-state index is -0.707. The third kappa shape index (κ3) is 2.48. The largest absolute Gasteiger partial charge is 0.325 e. The van der Waals surface area contributed by atoms with Crippen molar-refractivity contribution in [1.29, 1.82) is 0 Å². The van der Waals surface area contributed by atoms with E-state index in [1.165, 1.54) is 4.90 Å². The van der Waals surface area contributed by atoms with E-state index >= 15 is 0 Å². The van der Waals surface area contributed by atoms with Gasteiger partial charge in [0, 0.05) is 0 Å². The maximum atomic E-state index is 12.7. The summed E-state index contributed by atoms with van der Waals surface area (Å²) in [4.78, 5) is 26.2. The van der Waals surface area contributed by atoms with Crippen molar-refractivity contribution in [3.63, 3.8) is 0 Å². The maximum Gasteiger partial charge on any atom is 0.325 e. The van der Waals surface area contributed by atoms with Crippen LogP contribution in [-0.4, -0.2) is 22.4 Å². The van der Waals surface area contributed by atoms with Crippen molar-refractivity contribution in [2.75, 3.05) is 0 Å². The summed E-state index contributed by atoms with van der Waals surface area (Å²) in [5, 5.41) is 2.89. The Labute approximate surface area is 141 Å². The normalized spacial score (nSPS) is 23.5. The minimum Gasteiger partial charge on any atom is -0.323 e. The van der Waals surface area contributed by atoms with Crippen LogP contribution in [0, 0.1) is 5.92 Å². The van der Waals surface area contributed by atoms with Gasteiger partial charge in [0.1, 0.15) is 5.54 Å². The summed E-state index contributed by atoms with van der Waals surface area (Å²) >= 11 is 0. The molecule has 1 N–H and O–H groups in total. The first-order chi connectivity index (χ1) is 11.6. The number of hydrogen-bond acceptors (Lipinski definition) is 2. The fourth-order valence-electron chi connectivity index (χ4n) is 3.41. The van der Waals surface area contributed by atoms with Crippen molar-refractivity contribution in [2.24, 2.45) is 5.92 Å². The smallest absolute Gasteiger partial charge is 0.323 e. The van der Waals surface area contributed by atoms with Crippen LogP contribution in [0.4, 0.5) is 4.79 Å². The van der Waals surface area contributed by atoms with E-state index in [-0.39, 0.29) is 11.9 Å². The average Bonchev–Trinajstić information content (AvgIpc) is 3.43. The second-order valence-electron chi connectivity index (χ2n) is 6.86. The van der Waals surface area contributed by atoms with Crippen molar-refractivity contribution in [3.8, 4) is 11.1 Å². The lowest BCUT2D eigenvalue weighted by molar-refractivity contribution is -0.131. The van der Waals surface area contributed by atoms with Gasteiger partial charge >= 0.3 is 6.03 Å². The number of rotatable bonds is 4. The second-order valence-corrected chi connectivity index (χ2v) is 6.86. The lowest BCUT2D eigenvalue weighted by atomic mass is 9.96. The van der Waals surface area contributed by atoms with Gasteiger partial charge in [-0.3, -0.25) is 9.69 Å². The molecule has 0 bridgehead atoms. The van der Waals surface area contributed by atoms with E-state index in [1.54, 1.807) is 0 Å². The number of imide groups is 1. The average molecular weight is 320 g/mol. The fourth-order valence-corrected chi connectivity index (χ4v) is 3.41. The molecule has 1 aliphatic heterocycles. The minimum absolute atomic E-state index is 0.0952. The number of urea groups is 1. The van der Waals surface area contributed by atoms with Crippen LogP contribution in [0.25, 0.3) is 11.1 Å². The predicted molar refractivity (Wildman–Crippen MR) is 92.1 cm³/mol. The van der Waals surface area contributed by atoms with E-state index in [0.29, 0.717) is 12.5 Å². The van der Waals surface area contributed by atoms with Gasteiger partial charge in [0.2, 0.25) is 0 Å². The third-order valence-corrected chi connectivity index (χ3v) is 5.10. The summed E-state index contributed by atoms with van der Waals surface area (Å²) in [6, 6.07) is 17.9. The molecule has 3 amide bonds. The van der Waals surface area contributed by atoms with Crippen LogP contribution >= 0.6 is 0 Å². The molecule has 2 aliphatic rings. The van der Waals surface area contributed by atoms with Crippen LogP contribution in [0.1, 0.15) is 25.3 Å². The second kappa shape index (κ2) is 5.48. The Morgan fingerprint density at radius 1 is 1.00 bits per heavy atom. The Morgan fingerprint density at radius 2 is 1.62 bits per heavy atom. The van der Waals surface area contributed by atoms with Crippen LogP contribution in [0.3, 0.4) is 0 Å². The highest BCUT2D eigenvalue weighted by Crippen LogP contribution is 2.42. The molecule has 0 aromatic heterocycles. The van der Waals surface area contributed by atoms with Crippen LogP contribution in [0.5, 0.6) is 0 Å². The van der Waals surface area contributed by atoms with Gasteiger partial charge in [-0.2, -0.15) is 0 Å². The Hall–Kier alpha value is -2.62. The number of carbonyl (C=O) groups excluding carboxylic acids is 2. The van der Waals surface area contributed by atoms with Crippen molar-refractivity contribution in [1.82, 2.24) is 10.2 Å². The summed E-state index contributed by atoms with van der Waals surface area (Å²) in [7, 11) is 0. The van der Waals surface area contributed by atoms with Crippen LogP contribution < -0.4 is 5.32 Å². The molecule has 2 aromatic rings. The molecule has 0 radical (unpaired) electrons. The highest BCUT2D eigenvalue weighted by atomic mass is 16.2. The molecular formula is C20H20N2O2. The molecular weight excluding hydrogens is 300 g/mol. The molecule has 122 valence electrons. The number of nitrogens with zero attached hydrogens (tertiary/aromatic N) is 1. The Morgan fingerprint density at radius 3 is 2.25 bits per heavy atom. The number of benzene rings is 2. The Bertz CT molecular complexity index is 781. The first kappa shape index (κ1) is 14.9. The number of hydrogen-bond donors (Lipinski definition) is 1. The zero-order valence-electron chi connectivity index (χ0n) is 13.7. The number of carbonyl (C=O) groups is 2. The SMILES string of the molecule is CC1(C2CC2)NC(=O)N(Cc2ccc(-c3ccccc3)cc2)C1=O. The van der Waals surface area contributed by atoms with Crippen LogP contribution in [0.2, 0.25) is 0 Å². The molecule has 1 unspecified atom stereocenters. The molecule has 2 aromatic carbocycles. The van der Waals surface area contributed by atoms with Gasteiger partial charge in [0.25, 0.3) is 5.91 Å². The first-order valence-corrected chi connectivity index (χ1v) is 8.36. The Balaban J connectivity index is 1.51. The predicted octanol–water partition coefficient (Wildman–Crippen LogP) is 3.57. The molecule has 1 aliphatic carbocycles. The van der Waals surface area contributed by atoms with Gasteiger partial charge in [-0.05, 0) is 42.4 Å². The zero-order valence-corrected chi connectivity index (χ0v) is 13.7. The standard InChI is InChI=1S/C20H20N2O2/c1-20(17-11-12-17)18(23)22(19(24)21-20)13-14-7-9-16(10-8-14)15-5-3-2-4-6-15/h2-10,17H,11-13H2,1H3,(H,21,24). The van der Waals surface area contributed by atoms with Gasteiger partial charge in [-0.1, -0.05) is 54.6 Å². The van der Waals surface area contributed by atoms with Crippen molar-refractivity contribution in [3.05, 3.63) is 60.2 Å². The van der Waals surface area contributed by atoms with Gasteiger partial charge in [0.05, 0.1) is 6.54 Å². The van der Waals surface area contributed by atoms with Gasteiger partial charge < -0.3 is 5.32 Å². The Kier molecular flexibility index (Phi) is 3.41. The monoisotopic (exact) mass is 320 g/mol. The molecule has 2 fully saturated rings. The maximum absolute atomic E-state index is 12.7. The third-order valence-electron chi connectivity index (χ3n) is 5.10. The topological polar surface area (TPSA) is 49.4 Å². The lowest BCUT2D eigenvalue weighted by Gasteiger charge is -2.21.